The molecule has 1 aromatic carbocycles. The fourth-order valence-corrected chi connectivity index (χ4v) is 3.88. The molecule has 0 aliphatic rings. The molecule has 114 valence electrons. The van der Waals surface area contributed by atoms with Crippen LogP contribution in [0.3, 0.4) is 0 Å². The SMILES string of the molecule is Cc1cccc(S(N)(=O)=O)c1CCCC[S@@](=O)C(C)C. The van der Waals surface area contributed by atoms with E-state index in [2.05, 4.69) is 0 Å². The number of unbranched alkanes of at least 4 members (excludes halogenated alkanes) is 1. The minimum Gasteiger partial charge on any atom is -0.259 e. The van der Waals surface area contributed by atoms with Crippen LogP contribution in [0.5, 0.6) is 0 Å². The van der Waals surface area contributed by atoms with E-state index in [1.807, 2.05) is 26.8 Å². The smallest absolute Gasteiger partial charge is 0.238 e. The molecule has 0 heterocycles. The highest BCUT2D eigenvalue weighted by molar-refractivity contribution is 7.89. The third-order valence-corrected chi connectivity index (χ3v) is 5.96. The molecule has 0 bridgehead atoms. The highest BCUT2D eigenvalue weighted by Crippen LogP contribution is 2.20. The number of sulfonamides is 1. The van der Waals surface area contributed by atoms with Crippen molar-refractivity contribution in [1.82, 2.24) is 0 Å². The Balaban J connectivity index is 2.72. The monoisotopic (exact) mass is 317 g/mol. The number of nitrogens with two attached hydrogens (primary N) is 1. The largest absolute Gasteiger partial charge is 0.259 e. The van der Waals surface area contributed by atoms with Crippen LogP contribution in [0.25, 0.3) is 0 Å². The summed E-state index contributed by atoms with van der Waals surface area (Å²) in [4.78, 5) is 0.211. The first kappa shape index (κ1) is 17.3. The topological polar surface area (TPSA) is 77.2 Å². The molecule has 0 unspecified atom stereocenters. The zero-order valence-electron chi connectivity index (χ0n) is 12.3. The lowest BCUT2D eigenvalue weighted by atomic mass is 10.0. The summed E-state index contributed by atoms with van der Waals surface area (Å²) in [6.45, 7) is 5.77. The lowest BCUT2D eigenvalue weighted by Crippen LogP contribution is -2.15. The second-order valence-corrected chi connectivity index (χ2v) is 8.83. The van der Waals surface area contributed by atoms with Crippen LogP contribution in [0.2, 0.25) is 0 Å². The molecule has 0 spiro atoms. The van der Waals surface area contributed by atoms with Crippen molar-refractivity contribution in [3.05, 3.63) is 29.3 Å². The first-order chi connectivity index (χ1) is 9.23. The van der Waals surface area contributed by atoms with Gasteiger partial charge < -0.3 is 0 Å². The summed E-state index contributed by atoms with van der Waals surface area (Å²) in [5.41, 5.74) is 1.71. The average molecular weight is 317 g/mol. The van der Waals surface area contributed by atoms with Gasteiger partial charge in [-0.2, -0.15) is 0 Å². The molecule has 0 aliphatic carbocycles. The van der Waals surface area contributed by atoms with Crippen molar-refractivity contribution in [2.24, 2.45) is 5.14 Å². The van der Waals surface area contributed by atoms with E-state index in [0.717, 1.165) is 24.0 Å². The number of primary sulfonamides is 1. The van der Waals surface area contributed by atoms with E-state index in [0.29, 0.717) is 12.2 Å². The Hall–Kier alpha value is -0.720. The zero-order chi connectivity index (χ0) is 15.3. The first-order valence-corrected chi connectivity index (χ1v) is 9.64. The van der Waals surface area contributed by atoms with Crippen molar-refractivity contribution in [2.45, 2.75) is 50.2 Å². The van der Waals surface area contributed by atoms with E-state index < -0.39 is 20.8 Å². The van der Waals surface area contributed by atoms with Crippen LogP contribution in [-0.2, 0) is 27.2 Å². The maximum Gasteiger partial charge on any atom is 0.238 e. The van der Waals surface area contributed by atoms with Crippen LogP contribution in [0.1, 0.15) is 37.8 Å². The zero-order valence-corrected chi connectivity index (χ0v) is 13.9. The molecule has 1 rings (SSSR count). The van der Waals surface area contributed by atoms with Crippen molar-refractivity contribution in [2.75, 3.05) is 5.75 Å². The molecule has 0 aliphatic heterocycles. The molecule has 2 N–H and O–H groups in total. The predicted octanol–water partition coefficient (Wildman–Crippen LogP) is 2.12. The fourth-order valence-electron chi connectivity index (χ4n) is 2.04. The van der Waals surface area contributed by atoms with Crippen LogP contribution in [-0.4, -0.2) is 23.6 Å². The van der Waals surface area contributed by atoms with Crippen molar-refractivity contribution < 1.29 is 12.6 Å². The summed E-state index contributed by atoms with van der Waals surface area (Å²) in [5, 5.41) is 5.42. The van der Waals surface area contributed by atoms with Crippen LogP contribution in [0.4, 0.5) is 0 Å². The Morgan fingerprint density at radius 3 is 2.45 bits per heavy atom. The van der Waals surface area contributed by atoms with Gasteiger partial charge in [-0.25, -0.2) is 13.6 Å². The van der Waals surface area contributed by atoms with Gasteiger partial charge in [-0.3, -0.25) is 4.21 Å². The van der Waals surface area contributed by atoms with Gasteiger partial charge in [0.15, 0.2) is 0 Å². The maximum atomic E-state index is 11.6. The molecule has 20 heavy (non-hydrogen) atoms. The Labute approximate surface area is 124 Å². The summed E-state index contributed by atoms with van der Waals surface area (Å²) < 4.78 is 34.8. The molecule has 1 atom stereocenters. The molecule has 0 aromatic heterocycles. The van der Waals surface area contributed by atoms with Gasteiger partial charge in [-0.1, -0.05) is 26.0 Å². The first-order valence-electron chi connectivity index (χ1n) is 6.72. The predicted molar refractivity (Wildman–Crippen MR) is 83.6 cm³/mol. The van der Waals surface area contributed by atoms with Gasteiger partial charge in [0.2, 0.25) is 10.0 Å². The molecule has 1 aromatic rings. The van der Waals surface area contributed by atoms with Gasteiger partial charge in [0.1, 0.15) is 0 Å². The van der Waals surface area contributed by atoms with Crippen LogP contribution < -0.4 is 5.14 Å². The van der Waals surface area contributed by atoms with E-state index in [4.69, 9.17) is 5.14 Å². The Morgan fingerprint density at radius 2 is 1.90 bits per heavy atom. The molecular formula is C14H23NO3S2. The van der Waals surface area contributed by atoms with Gasteiger partial charge in [-0.15, -0.1) is 0 Å². The minimum atomic E-state index is -3.68. The number of hydrogen-bond donors (Lipinski definition) is 1. The second-order valence-electron chi connectivity index (χ2n) is 5.19. The number of aryl methyl sites for hydroxylation is 1. The van der Waals surface area contributed by atoms with E-state index in [1.54, 1.807) is 12.1 Å². The van der Waals surface area contributed by atoms with Gasteiger partial charge in [0.25, 0.3) is 0 Å². The Morgan fingerprint density at radius 1 is 1.25 bits per heavy atom. The van der Waals surface area contributed by atoms with Crippen LogP contribution >= 0.6 is 0 Å². The van der Waals surface area contributed by atoms with Crippen LogP contribution in [0, 0.1) is 6.92 Å². The second kappa shape index (κ2) is 7.33. The normalized spacial score (nSPS) is 13.7. The third-order valence-electron chi connectivity index (χ3n) is 3.22. The summed E-state index contributed by atoms with van der Waals surface area (Å²) in [6.07, 6.45) is 2.28. The maximum absolute atomic E-state index is 11.6. The summed E-state index contributed by atoms with van der Waals surface area (Å²) >= 11 is 0. The Kier molecular flexibility index (Phi) is 6.36. The lowest BCUT2D eigenvalue weighted by Gasteiger charge is -2.11. The molecule has 0 amide bonds. The Bertz CT molecular complexity index is 580. The fraction of sp³-hybridized carbons (Fsp3) is 0.571. The number of rotatable bonds is 7. The van der Waals surface area contributed by atoms with Gasteiger partial charge in [-0.05, 0) is 43.4 Å². The average Bonchev–Trinajstić information content (AvgIpc) is 2.34. The molecule has 6 heteroatoms. The molecule has 0 saturated carbocycles. The van der Waals surface area contributed by atoms with Crippen molar-refractivity contribution in [3.63, 3.8) is 0 Å². The van der Waals surface area contributed by atoms with Gasteiger partial charge in [0.05, 0.1) is 4.90 Å². The van der Waals surface area contributed by atoms with Crippen LogP contribution in [0.15, 0.2) is 23.1 Å². The molecule has 4 nitrogen and oxygen atoms in total. The van der Waals surface area contributed by atoms with Crippen molar-refractivity contribution >= 4 is 20.8 Å². The minimum absolute atomic E-state index is 0.174. The quantitative estimate of drug-likeness (QED) is 0.783. The lowest BCUT2D eigenvalue weighted by molar-refractivity contribution is 0.595. The number of hydrogen-bond acceptors (Lipinski definition) is 3. The summed E-state index contributed by atoms with van der Waals surface area (Å²) in [5.74, 6) is 0.661. The molecular weight excluding hydrogens is 294 g/mol. The highest BCUT2D eigenvalue weighted by Gasteiger charge is 2.15. The molecule has 0 saturated heterocycles. The summed E-state index contributed by atoms with van der Waals surface area (Å²) in [7, 11) is -4.48. The van der Waals surface area contributed by atoms with E-state index in [1.165, 1.54) is 0 Å². The molecule has 0 fully saturated rings. The number of benzene rings is 1. The summed E-state index contributed by atoms with van der Waals surface area (Å²) in [6, 6.07) is 5.13. The van der Waals surface area contributed by atoms with Crippen molar-refractivity contribution in [3.8, 4) is 0 Å². The van der Waals surface area contributed by atoms with Gasteiger partial charge in [0, 0.05) is 21.8 Å². The van der Waals surface area contributed by atoms with Crippen molar-refractivity contribution in [1.29, 1.82) is 0 Å². The molecule has 0 radical (unpaired) electrons. The third kappa shape index (κ3) is 5.00. The van der Waals surface area contributed by atoms with E-state index in [-0.39, 0.29) is 10.1 Å². The van der Waals surface area contributed by atoms with Gasteiger partial charge >= 0.3 is 0 Å². The van der Waals surface area contributed by atoms with E-state index >= 15 is 0 Å². The van der Waals surface area contributed by atoms with E-state index in [9.17, 15) is 12.6 Å². The standard InChI is InChI=1S/C14H23NO3S2/c1-11(2)19(16)10-5-4-8-13-12(3)7-6-9-14(13)20(15,17)18/h6-7,9,11H,4-5,8,10H2,1-3H3,(H2,15,17,18)/t19-/m1/s1. The highest BCUT2D eigenvalue weighted by atomic mass is 32.2.